The summed E-state index contributed by atoms with van der Waals surface area (Å²) in [5, 5.41) is 3.93. The second-order valence-electron chi connectivity index (χ2n) is 4.91. The third-order valence-corrected chi connectivity index (χ3v) is 3.80. The van der Waals surface area contributed by atoms with E-state index in [-0.39, 0.29) is 0 Å². The van der Waals surface area contributed by atoms with Gasteiger partial charge in [-0.3, -0.25) is 0 Å². The highest BCUT2D eigenvalue weighted by atomic mass is 35.5. The molecule has 4 nitrogen and oxygen atoms in total. The van der Waals surface area contributed by atoms with Gasteiger partial charge in [-0.1, -0.05) is 23.7 Å². The van der Waals surface area contributed by atoms with E-state index in [1.54, 1.807) is 6.33 Å². The van der Waals surface area contributed by atoms with Crippen molar-refractivity contribution in [3.8, 4) is 0 Å². The molecule has 1 saturated heterocycles. The molecule has 1 aromatic heterocycles. The van der Waals surface area contributed by atoms with Crippen molar-refractivity contribution in [3.63, 3.8) is 0 Å². The normalized spacial score (nSPS) is 15.2. The Hall–Kier alpha value is -1.81. The number of para-hydroxylation sites is 1. The summed E-state index contributed by atoms with van der Waals surface area (Å²) in [4.78, 5) is 10.9. The molecule has 20 heavy (non-hydrogen) atoms. The third kappa shape index (κ3) is 3.02. The molecule has 0 spiro atoms. The maximum atomic E-state index is 6.15. The Labute approximate surface area is 123 Å². The second kappa shape index (κ2) is 6.09. The van der Waals surface area contributed by atoms with Gasteiger partial charge in [0.25, 0.3) is 0 Å². The first-order valence-corrected chi connectivity index (χ1v) is 7.29. The van der Waals surface area contributed by atoms with Crippen molar-refractivity contribution < 1.29 is 0 Å². The van der Waals surface area contributed by atoms with Crippen LogP contribution in [-0.2, 0) is 0 Å². The van der Waals surface area contributed by atoms with Crippen molar-refractivity contribution >= 4 is 28.9 Å². The molecule has 0 amide bonds. The molecule has 5 heteroatoms. The first kappa shape index (κ1) is 13.2. The van der Waals surface area contributed by atoms with E-state index in [0.717, 1.165) is 30.4 Å². The number of hydrogen-bond acceptors (Lipinski definition) is 4. The third-order valence-electron chi connectivity index (χ3n) is 3.47. The van der Waals surface area contributed by atoms with E-state index < -0.39 is 0 Å². The van der Waals surface area contributed by atoms with Gasteiger partial charge in [-0.2, -0.15) is 0 Å². The lowest BCUT2D eigenvalue weighted by molar-refractivity contribution is 0.573. The van der Waals surface area contributed by atoms with Crippen LogP contribution in [0.5, 0.6) is 0 Å². The lowest BCUT2D eigenvalue weighted by Crippen LogP contribution is -2.30. The van der Waals surface area contributed by atoms with E-state index in [2.05, 4.69) is 20.2 Å². The van der Waals surface area contributed by atoms with E-state index >= 15 is 0 Å². The molecule has 0 atom stereocenters. The zero-order chi connectivity index (χ0) is 13.8. The average molecular weight is 289 g/mol. The minimum atomic E-state index is 0.686. The Bertz CT molecular complexity index is 582. The molecule has 0 unspecified atom stereocenters. The first-order valence-electron chi connectivity index (χ1n) is 6.91. The van der Waals surface area contributed by atoms with Crippen LogP contribution in [0.4, 0.5) is 17.3 Å². The molecule has 1 N–H and O–H groups in total. The smallest absolute Gasteiger partial charge is 0.135 e. The Kier molecular flexibility index (Phi) is 4.02. The fourth-order valence-electron chi connectivity index (χ4n) is 2.41. The Morgan fingerprint density at radius 1 is 1.05 bits per heavy atom. The Morgan fingerprint density at radius 3 is 2.65 bits per heavy atom. The molecule has 0 aliphatic carbocycles. The van der Waals surface area contributed by atoms with E-state index in [1.165, 1.54) is 19.3 Å². The molecule has 0 bridgehead atoms. The highest BCUT2D eigenvalue weighted by Gasteiger charge is 2.12. The van der Waals surface area contributed by atoms with Crippen LogP contribution in [0.25, 0.3) is 0 Å². The summed E-state index contributed by atoms with van der Waals surface area (Å²) >= 11 is 6.15. The monoisotopic (exact) mass is 288 g/mol. The molecule has 1 fully saturated rings. The van der Waals surface area contributed by atoms with Crippen LogP contribution in [-0.4, -0.2) is 23.1 Å². The number of piperidine rings is 1. The van der Waals surface area contributed by atoms with Crippen LogP contribution >= 0.6 is 11.6 Å². The summed E-state index contributed by atoms with van der Waals surface area (Å²) in [6.07, 6.45) is 5.38. The zero-order valence-electron chi connectivity index (χ0n) is 11.2. The van der Waals surface area contributed by atoms with Gasteiger partial charge < -0.3 is 10.2 Å². The van der Waals surface area contributed by atoms with E-state index in [9.17, 15) is 0 Å². The number of anilines is 3. The number of benzene rings is 1. The fourth-order valence-corrected chi connectivity index (χ4v) is 2.59. The minimum absolute atomic E-state index is 0.686. The van der Waals surface area contributed by atoms with Gasteiger partial charge in [0.15, 0.2) is 0 Å². The molecule has 2 heterocycles. The highest BCUT2D eigenvalue weighted by Crippen LogP contribution is 2.25. The summed E-state index contributed by atoms with van der Waals surface area (Å²) in [6, 6.07) is 9.63. The molecule has 104 valence electrons. The molecule has 2 aromatic rings. The van der Waals surface area contributed by atoms with Crippen LogP contribution in [0.1, 0.15) is 19.3 Å². The van der Waals surface area contributed by atoms with Gasteiger partial charge in [0.1, 0.15) is 18.0 Å². The van der Waals surface area contributed by atoms with Gasteiger partial charge in [-0.15, -0.1) is 0 Å². The zero-order valence-corrected chi connectivity index (χ0v) is 12.0. The van der Waals surface area contributed by atoms with Gasteiger partial charge in [0, 0.05) is 19.2 Å². The number of halogens is 1. The van der Waals surface area contributed by atoms with E-state index in [1.807, 2.05) is 30.3 Å². The molecule has 1 aliphatic heterocycles. The summed E-state index contributed by atoms with van der Waals surface area (Å²) < 4.78 is 0. The maximum Gasteiger partial charge on any atom is 0.135 e. The molecule has 0 saturated carbocycles. The fraction of sp³-hybridized carbons (Fsp3) is 0.333. The van der Waals surface area contributed by atoms with Crippen LogP contribution in [0.2, 0.25) is 5.02 Å². The number of rotatable bonds is 3. The topological polar surface area (TPSA) is 41.0 Å². The van der Waals surface area contributed by atoms with Crippen molar-refractivity contribution in [2.45, 2.75) is 19.3 Å². The molecule has 3 rings (SSSR count). The van der Waals surface area contributed by atoms with Crippen molar-refractivity contribution in [2.24, 2.45) is 0 Å². The molecule has 1 aliphatic rings. The van der Waals surface area contributed by atoms with Crippen molar-refractivity contribution in [2.75, 3.05) is 23.3 Å². The Balaban J connectivity index is 1.79. The quantitative estimate of drug-likeness (QED) is 0.931. The SMILES string of the molecule is Clc1ccccc1Nc1cc(N2CCCCC2)ncn1. The maximum absolute atomic E-state index is 6.15. The summed E-state index contributed by atoms with van der Waals surface area (Å²) in [7, 11) is 0. The lowest BCUT2D eigenvalue weighted by Gasteiger charge is -2.27. The number of nitrogens with one attached hydrogen (secondary N) is 1. The molecular weight excluding hydrogens is 272 g/mol. The standard InChI is InChI=1S/C15H17ClN4/c16-12-6-2-3-7-13(12)19-14-10-15(18-11-17-14)20-8-4-1-5-9-20/h2-3,6-7,10-11H,1,4-5,8-9H2,(H,17,18,19). The predicted octanol–water partition coefficient (Wildman–Crippen LogP) is 3.86. The van der Waals surface area contributed by atoms with Crippen molar-refractivity contribution in [1.29, 1.82) is 0 Å². The van der Waals surface area contributed by atoms with Crippen LogP contribution in [0, 0.1) is 0 Å². The summed E-state index contributed by atoms with van der Waals surface area (Å²) in [5.74, 6) is 1.75. The summed E-state index contributed by atoms with van der Waals surface area (Å²) in [6.45, 7) is 2.14. The summed E-state index contributed by atoms with van der Waals surface area (Å²) in [5.41, 5.74) is 0.859. The number of aromatic nitrogens is 2. The first-order chi connectivity index (χ1) is 9.83. The van der Waals surface area contributed by atoms with Crippen molar-refractivity contribution in [1.82, 2.24) is 9.97 Å². The van der Waals surface area contributed by atoms with Crippen LogP contribution in [0.15, 0.2) is 36.7 Å². The number of hydrogen-bond donors (Lipinski definition) is 1. The number of nitrogens with zero attached hydrogens (tertiary/aromatic N) is 3. The van der Waals surface area contributed by atoms with Gasteiger partial charge in [-0.25, -0.2) is 9.97 Å². The predicted molar refractivity (Wildman–Crippen MR) is 82.8 cm³/mol. The molecule has 0 radical (unpaired) electrons. The van der Waals surface area contributed by atoms with Crippen molar-refractivity contribution in [3.05, 3.63) is 41.7 Å². The second-order valence-corrected chi connectivity index (χ2v) is 5.32. The lowest BCUT2D eigenvalue weighted by atomic mass is 10.1. The Morgan fingerprint density at radius 2 is 1.85 bits per heavy atom. The highest BCUT2D eigenvalue weighted by molar-refractivity contribution is 6.33. The van der Waals surface area contributed by atoms with Gasteiger partial charge >= 0.3 is 0 Å². The van der Waals surface area contributed by atoms with E-state index in [0.29, 0.717) is 5.02 Å². The van der Waals surface area contributed by atoms with Crippen LogP contribution in [0.3, 0.4) is 0 Å². The van der Waals surface area contributed by atoms with E-state index in [4.69, 9.17) is 11.6 Å². The van der Waals surface area contributed by atoms with Gasteiger partial charge in [-0.05, 0) is 31.4 Å². The van der Waals surface area contributed by atoms with Gasteiger partial charge in [0.2, 0.25) is 0 Å². The average Bonchev–Trinajstić information content (AvgIpc) is 2.51. The van der Waals surface area contributed by atoms with Gasteiger partial charge in [0.05, 0.1) is 10.7 Å². The largest absolute Gasteiger partial charge is 0.356 e. The molecular formula is C15H17ClN4. The molecule has 1 aromatic carbocycles. The van der Waals surface area contributed by atoms with Crippen LogP contribution < -0.4 is 10.2 Å². The minimum Gasteiger partial charge on any atom is -0.356 e.